The quantitative estimate of drug-likeness (QED) is 0.598. The average Bonchev–Trinajstić information content (AvgIpc) is 2.54. The largest absolute Gasteiger partial charge is 0.256 e. The Kier molecular flexibility index (Phi) is 7.20. The van der Waals surface area contributed by atoms with Crippen LogP contribution in [0.5, 0.6) is 0 Å². The predicted octanol–water partition coefficient (Wildman–Crippen LogP) is 5.20. The molecule has 0 fully saturated rings. The van der Waals surface area contributed by atoms with Gasteiger partial charge in [0, 0.05) is 11.6 Å². The summed E-state index contributed by atoms with van der Waals surface area (Å²) in [7, 11) is 0. The first-order chi connectivity index (χ1) is 8.17. The monoisotopic (exact) mass is 231 g/mol. The molecule has 1 nitrogen and oxygen atoms in total. The summed E-state index contributed by atoms with van der Waals surface area (Å²) >= 11 is 0. The standard InChI is InChI=1S/C12H13N.2C2H6/c1-12(2)7-5-10-4-3-9-13-11(10)6-8-12;2*1-2/h3-9H,1-2H3;2*1-2H3. The Morgan fingerprint density at radius 1 is 0.941 bits per heavy atom. The second-order valence-electron chi connectivity index (χ2n) is 3.97. The van der Waals surface area contributed by atoms with Gasteiger partial charge in [0.25, 0.3) is 0 Å². The predicted molar refractivity (Wildman–Crippen MR) is 78.8 cm³/mol. The van der Waals surface area contributed by atoms with Crippen molar-refractivity contribution >= 4 is 12.2 Å². The maximum absolute atomic E-state index is 4.31. The first-order valence-electron chi connectivity index (χ1n) is 6.51. The lowest BCUT2D eigenvalue weighted by Gasteiger charge is -2.11. The van der Waals surface area contributed by atoms with E-state index in [4.69, 9.17) is 0 Å². The van der Waals surface area contributed by atoms with Crippen LogP contribution in [0.4, 0.5) is 0 Å². The van der Waals surface area contributed by atoms with Crippen molar-refractivity contribution in [1.29, 1.82) is 0 Å². The molecule has 1 aliphatic carbocycles. The summed E-state index contributed by atoms with van der Waals surface area (Å²) in [6.45, 7) is 12.4. The van der Waals surface area contributed by atoms with Gasteiger partial charge in [-0.05, 0) is 17.7 Å². The lowest BCUT2D eigenvalue weighted by molar-refractivity contribution is 0.633. The fourth-order valence-corrected chi connectivity index (χ4v) is 1.36. The summed E-state index contributed by atoms with van der Waals surface area (Å²) in [4.78, 5) is 4.31. The molecule has 2 rings (SSSR count). The Balaban J connectivity index is 0.000000581. The zero-order valence-electron chi connectivity index (χ0n) is 12.0. The Hall–Kier alpha value is -1.37. The van der Waals surface area contributed by atoms with Crippen LogP contribution in [0.1, 0.15) is 52.8 Å². The SMILES string of the molecule is CC.CC.CC1(C)C=Cc2cccnc2C=C1. The highest BCUT2D eigenvalue weighted by atomic mass is 14.7. The van der Waals surface area contributed by atoms with Crippen LogP contribution in [0.25, 0.3) is 12.2 Å². The molecule has 0 bridgehead atoms. The number of nitrogens with zero attached hydrogens (tertiary/aromatic N) is 1. The Morgan fingerprint density at radius 2 is 1.53 bits per heavy atom. The van der Waals surface area contributed by atoms with Gasteiger partial charge in [-0.3, -0.25) is 4.98 Å². The third-order valence-corrected chi connectivity index (χ3v) is 2.23. The molecule has 1 aliphatic rings. The van der Waals surface area contributed by atoms with Crippen molar-refractivity contribution in [2.75, 3.05) is 0 Å². The molecule has 1 aromatic heterocycles. The smallest absolute Gasteiger partial charge is 0.0698 e. The maximum atomic E-state index is 4.31. The van der Waals surface area contributed by atoms with Crippen LogP contribution in [0.15, 0.2) is 30.5 Å². The van der Waals surface area contributed by atoms with E-state index in [9.17, 15) is 0 Å². The molecule has 0 aliphatic heterocycles. The molecular formula is C16H25N. The Labute approximate surface area is 106 Å². The molecule has 0 saturated carbocycles. The summed E-state index contributed by atoms with van der Waals surface area (Å²) in [6.07, 6.45) is 10.5. The number of hydrogen-bond acceptors (Lipinski definition) is 1. The van der Waals surface area contributed by atoms with E-state index in [-0.39, 0.29) is 5.41 Å². The van der Waals surface area contributed by atoms with Crippen LogP contribution in [0.3, 0.4) is 0 Å². The van der Waals surface area contributed by atoms with Crippen LogP contribution < -0.4 is 0 Å². The summed E-state index contributed by atoms with van der Waals surface area (Å²) < 4.78 is 0. The van der Waals surface area contributed by atoms with Gasteiger partial charge in [0.05, 0.1) is 5.69 Å². The molecule has 0 amide bonds. The number of hydrogen-bond donors (Lipinski definition) is 0. The first kappa shape index (κ1) is 15.6. The van der Waals surface area contributed by atoms with Crippen molar-refractivity contribution in [3.05, 3.63) is 41.7 Å². The topological polar surface area (TPSA) is 12.9 Å². The van der Waals surface area contributed by atoms with Crippen LogP contribution in [-0.2, 0) is 0 Å². The lowest BCUT2D eigenvalue weighted by atomic mass is 9.93. The van der Waals surface area contributed by atoms with E-state index in [0.29, 0.717) is 0 Å². The molecule has 0 saturated heterocycles. The summed E-state index contributed by atoms with van der Waals surface area (Å²) in [5.41, 5.74) is 2.40. The summed E-state index contributed by atoms with van der Waals surface area (Å²) in [6, 6.07) is 4.06. The molecule has 0 atom stereocenters. The average molecular weight is 231 g/mol. The molecule has 1 aromatic rings. The van der Waals surface area contributed by atoms with E-state index in [1.165, 1.54) is 5.56 Å². The van der Waals surface area contributed by atoms with Crippen molar-refractivity contribution in [3.8, 4) is 0 Å². The molecular weight excluding hydrogens is 206 g/mol. The van der Waals surface area contributed by atoms with E-state index in [1.807, 2.05) is 40.0 Å². The molecule has 0 spiro atoms. The highest BCUT2D eigenvalue weighted by Gasteiger charge is 2.12. The number of fused-ring (bicyclic) bond motifs is 1. The molecule has 1 heteroatoms. The third-order valence-electron chi connectivity index (χ3n) is 2.23. The van der Waals surface area contributed by atoms with Crippen LogP contribution in [-0.4, -0.2) is 4.98 Å². The van der Waals surface area contributed by atoms with E-state index in [1.54, 1.807) is 0 Å². The van der Waals surface area contributed by atoms with E-state index in [0.717, 1.165) is 5.69 Å². The number of aromatic nitrogens is 1. The third kappa shape index (κ3) is 4.99. The Bertz CT molecular complexity index is 338. The van der Waals surface area contributed by atoms with Gasteiger partial charge in [-0.1, -0.05) is 65.8 Å². The van der Waals surface area contributed by atoms with Crippen molar-refractivity contribution in [2.45, 2.75) is 41.5 Å². The molecule has 0 aromatic carbocycles. The van der Waals surface area contributed by atoms with Gasteiger partial charge in [0.1, 0.15) is 0 Å². The highest BCUT2D eigenvalue weighted by Crippen LogP contribution is 2.26. The normalized spacial score (nSPS) is 14.5. The van der Waals surface area contributed by atoms with Crippen LogP contribution >= 0.6 is 0 Å². The van der Waals surface area contributed by atoms with Crippen molar-refractivity contribution < 1.29 is 0 Å². The molecule has 1 heterocycles. The van der Waals surface area contributed by atoms with Crippen molar-refractivity contribution in [2.24, 2.45) is 5.41 Å². The summed E-state index contributed by atoms with van der Waals surface area (Å²) in [5.74, 6) is 0. The van der Waals surface area contributed by atoms with Gasteiger partial charge >= 0.3 is 0 Å². The van der Waals surface area contributed by atoms with Gasteiger partial charge in [-0.2, -0.15) is 0 Å². The number of pyridine rings is 1. The van der Waals surface area contributed by atoms with Gasteiger partial charge in [0.2, 0.25) is 0 Å². The maximum Gasteiger partial charge on any atom is 0.0698 e. The van der Waals surface area contributed by atoms with Crippen LogP contribution in [0.2, 0.25) is 0 Å². The van der Waals surface area contributed by atoms with Gasteiger partial charge in [-0.15, -0.1) is 0 Å². The van der Waals surface area contributed by atoms with E-state index < -0.39 is 0 Å². The molecule has 17 heavy (non-hydrogen) atoms. The van der Waals surface area contributed by atoms with Gasteiger partial charge < -0.3 is 0 Å². The fourth-order valence-electron chi connectivity index (χ4n) is 1.36. The van der Waals surface area contributed by atoms with Crippen molar-refractivity contribution in [1.82, 2.24) is 4.98 Å². The first-order valence-corrected chi connectivity index (χ1v) is 6.51. The number of rotatable bonds is 0. The van der Waals surface area contributed by atoms with E-state index in [2.05, 4.69) is 49.2 Å². The lowest BCUT2D eigenvalue weighted by Crippen LogP contribution is -1.99. The Morgan fingerprint density at radius 3 is 2.18 bits per heavy atom. The molecule has 0 radical (unpaired) electrons. The van der Waals surface area contributed by atoms with Gasteiger partial charge in [-0.25, -0.2) is 0 Å². The van der Waals surface area contributed by atoms with Crippen LogP contribution in [0, 0.1) is 5.41 Å². The van der Waals surface area contributed by atoms with E-state index >= 15 is 0 Å². The second-order valence-corrected chi connectivity index (χ2v) is 3.97. The number of allylic oxidation sites excluding steroid dienone is 2. The molecule has 0 unspecified atom stereocenters. The zero-order chi connectivity index (χ0) is 13.3. The van der Waals surface area contributed by atoms with Crippen molar-refractivity contribution in [3.63, 3.8) is 0 Å². The zero-order valence-corrected chi connectivity index (χ0v) is 12.0. The second kappa shape index (κ2) is 7.83. The van der Waals surface area contributed by atoms with Gasteiger partial charge in [0.15, 0.2) is 0 Å². The minimum atomic E-state index is 0.140. The highest BCUT2D eigenvalue weighted by molar-refractivity contribution is 5.65. The minimum Gasteiger partial charge on any atom is -0.256 e. The molecule has 0 N–H and O–H groups in total. The fraction of sp³-hybridized carbons (Fsp3) is 0.438. The minimum absolute atomic E-state index is 0.140. The summed E-state index contributed by atoms with van der Waals surface area (Å²) in [5, 5.41) is 0. The molecule has 94 valence electrons.